The molecule has 4 rings (SSSR count). The molecule has 2 aromatic carbocycles. The summed E-state index contributed by atoms with van der Waals surface area (Å²) >= 11 is 7.61. The fraction of sp³-hybridized carbons (Fsp3) is 0.304. The van der Waals surface area contributed by atoms with Crippen molar-refractivity contribution in [3.05, 3.63) is 58.1 Å². The maximum atomic E-state index is 13.4. The predicted octanol–water partition coefficient (Wildman–Crippen LogP) is 3.58. The normalized spacial score (nSPS) is 16.2. The minimum atomic E-state index is -0.946. The number of aryl methyl sites for hydroxylation is 1. The van der Waals surface area contributed by atoms with Gasteiger partial charge in [-0.3, -0.25) is 9.69 Å². The summed E-state index contributed by atoms with van der Waals surface area (Å²) in [5.41, 5.74) is 2.39. The number of carbonyl (C=O) groups excluding carboxylic acids is 3. The number of nitrogens with one attached hydrogen (secondary N) is 2. The minimum absolute atomic E-state index is 0.0125. The number of benzene rings is 2. The number of hydrazine groups is 1. The maximum absolute atomic E-state index is 13.4. The zero-order valence-corrected chi connectivity index (χ0v) is 20.9. The number of halogens is 1. The van der Waals surface area contributed by atoms with E-state index < -0.39 is 18.4 Å². The van der Waals surface area contributed by atoms with Crippen LogP contribution in [0.15, 0.2) is 42.5 Å². The van der Waals surface area contributed by atoms with E-state index in [0.717, 1.165) is 37.1 Å². The second-order valence-corrected chi connectivity index (χ2v) is 9.57. The van der Waals surface area contributed by atoms with Gasteiger partial charge in [0, 0.05) is 30.7 Å². The number of urea groups is 2. The van der Waals surface area contributed by atoms with Crippen molar-refractivity contribution in [2.24, 2.45) is 5.84 Å². The second kappa shape index (κ2) is 10.5. The van der Waals surface area contributed by atoms with E-state index in [-0.39, 0.29) is 25.5 Å². The zero-order valence-electron chi connectivity index (χ0n) is 19.3. The number of hydrogen-bond donors (Lipinski definition) is 3. The van der Waals surface area contributed by atoms with Crippen LogP contribution in [-0.4, -0.2) is 57.1 Å². The molecule has 35 heavy (non-hydrogen) atoms. The molecule has 1 aliphatic heterocycles. The van der Waals surface area contributed by atoms with E-state index >= 15 is 0 Å². The van der Waals surface area contributed by atoms with E-state index in [2.05, 4.69) is 22.5 Å². The van der Waals surface area contributed by atoms with Crippen molar-refractivity contribution in [3.8, 4) is 0 Å². The highest BCUT2D eigenvalue weighted by Gasteiger charge is 2.43. The maximum Gasteiger partial charge on any atom is 0.345 e. The zero-order chi connectivity index (χ0) is 25.1. The van der Waals surface area contributed by atoms with Gasteiger partial charge in [0.15, 0.2) is 0 Å². The molecule has 1 atom stereocenters. The first-order valence-corrected chi connectivity index (χ1v) is 12.3. The Morgan fingerprint density at radius 1 is 1.17 bits per heavy atom. The van der Waals surface area contributed by atoms with Crippen LogP contribution in [-0.2, 0) is 17.8 Å². The molecule has 0 radical (unpaired) electrons. The third-order valence-electron chi connectivity index (χ3n) is 5.49. The molecule has 0 spiro atoms. The molecule has 1 saturated heterocycles. The van der Waals surface area contributed by atoms with Crippen molar-refractivity contribution in [1.29, 1.82) is 0 Å². The number of rotatable bonds is 8. The third-order valence-corrected chi connectivity index (χ3v) is 6.91. The van der Waals surface area contributed by atoms with Gasteiger partial charge in [0.1, 0.15) is 0 Å². The monoisotopic (exact) mass is 515 g/mol. The number of imide groups is 1. The highest BCUT2D eigenvalue weighted by molar-refractivity contribution is 7.18. The standard InChI is InChI=1S/C23H26ClN7O3S/c1-3-20-28-18-9-8-17(12-19(18)35-20)27-21-30(13-15-4-6-16(24)7-5-15)22(33)29(23(34)31(21)25)11-10-26-14(2)32/h4-9,12,21,27H,3,10-11,13,25H2,1-2H3,(H,26,32). The smallest absolute Gasteiger partial charge is 0.345 e. The Hall–Kier alpha value is -3.41. The molecular formula is C23H26ClN7O3S. The molecule has 2 heterocycles. The van der Waals surface area contributed by atoms with Crippen LogP contribution in [0.5, 0.6) is 0 Å². The number of nitrogens with zero attached hydrogens (tertiary/aromatic N) is 4. The van der Waals surface area contributed by atoms with Gasteiger partial charge in [0.2, 0.25) is 12.2 Å². The summed E-state index contributed by atoms with van der Waals surface area (Å²) < 4.78 is 0.991. The largest absolute Gasteiger partial charge is 0.355 e. The molecule has 0 aliphatic carbocycles. The topological polar surface area (TPSA) is 124 Å². The van der Waals surface area contributed by atoms with Crippen LogP contribution in [0.25, 0.3) is 10.2 Å². The summed E-state index contributed by atoms with van der Waals surface area (Å²) in [5, 5.41) is 8.41. The van der Waals surface area contributed by atoms with E-state index in [1.165, 1.54) is 11.8 Å². The molecule has 0 saturated carbocycles. The van der Waals surface area contributed by atoms with E-state index in [4.69, 9.17) is 17.4 Å². The summed E-state index contributed by atoms with van der Waals surface area (Å²) in [4.78, 5) is 44.8. The first-order valence-electron chi connectivity index (χ1n) is 11.1. The molecule has 184 valence electrons. The quantitative estimate of drug-likeness (QED) is 0.311. The Morgan fingerprint density at radius 2 is 1.91 bits per heavy atom. The van der Waals surface area contributed by atoms with E-state index in [1.807, 2.05) is 18.2 Å². The van der Waals surface area contributed by atoms with E-state index in [9.17, 15) is 14.4 Å². The average molecular weight is 516 g/mol. The van der Waals surface area contributed by atoms with E-state index in [0.29, 0.717) is 10.7 Å². The number of fused-ring (bicyclic) bond motifs is 1. The second-order valence-electron chi connectivity index (χ2n) is 8.02. The van der Waals surface area contributed by atoms with Crippen LogP contribution in [0.4, 0.5) is 15.3 Å². The summed E-state index contributed by atoms with van der Waals surface area (Å²) in [6, 6.07) is 11.5. The van der Waals surface area contributed by atoms with Crippen molar-refractivity contribution in [1.82, 2.24) is 25.1 Å². The Bertz CT molecular complexity index is 1250. The van der Waals surface area contributed by atoms with Gasteiger partial charge in [-0.05, 0) is 42.3 Å². The SMILES string of the molecule is CCc1nc2ccc(NC3N(N)C(=O)N(CCNC(C)=O)C(=O)N3Cc3ccc(Cl)cc3)cc2s1. The molecule has 1 unspecified atom stereocenters. The van der Waals surface area contributed by atoms with Crippen LogP contribution < -0.4 is 16.5 Å². The highest BCUT2D eigenvalue weighted by Crippen LogP contribution is 2.28. The number of hydrogen-bond acceptors (Lipinski definition) is 7. The van der Waals surface area contributed by atoms with Crippen LogP contribution in [0.3, 0.4) is 0 Å². The molecule has 3 aromatic rings. The molecule has 1 fully saturated rings. The molecule has 0 bridgehead atoms. The Kier molecular flexibility index (Phi) is 7.39. The highest BCUT2D eigenvalue weighted by atomic mass is 35.5. The Balaban J connectivity index is 1.63. The number of nitrogens with two attached hydrogens (primary N) is 1. The van der Waals surface area contributed by atoms with Gasteiger partial charge in [0.05, 0.1) is 21.8 Å². The van der Waals surface area contributed by atoms with Crippen molar-refractivity contribution < 1.29 is 14.4 Å². The lowest BCUT2D eigenvalue weighted by Crippen LogP contribution is -2.70. The number of anilines is 1. The lowest BCUT2D eigenvalue weighted by Gasteiger charge is -2.45. The lowest BCUT2D eigenvalue weighted by molar-refractivity contribution is -0.119. The van der Waals surface area contributed by atoms with Crippen LogP contribution in [0, 0.1) is 0 Å². The summed E-state index contributed by atoms with van der Waals surface area (Å²) in [6.45, 7) is 3.70. The molecule has 5 amide bonds. The summed E-state index contributed by atoms with van der Waals surface area (Å²) in [7, 11) is 0. The fourth-order valence-electron chi connectivity index (χ4n) is 3.72. The fourth-order valence-corrected chi connectivity index (χ4v) is 4.79. The van der Waals surface area contributed by atoms with Gasteiger partial charge in [-0.25, -0.2) is 30.3 Å². The van der Waals surface area contributed by atoms with Crippen LogP contribution >= 0.6 is 22.9 Å². The number of carbonyl (C=O) groups is 3. The van der Waals surface area contributed by atoms with Crippen LogP contribution in [0.1, 0.15) is 24.4 Å². The van der Waals surface area contributed by atoms with Crippen molar-refractivity contribution in [2.45, 2.75) is 33.1 Å². The van der Waals surface area contributed by atoms with Gasteiger partial charge in [-0.2, -0.15) is 0 Å². The predicted molar refractivity (Wildman–Crippen MR) is 136 cm³/mol. The summed E-state index contributed by atoms with van der Waals surface area (Å²) in [6.07, 6.45) is -0.105. The number of thiazole rings is 1. The van der Waals surface area contributed by atoms with Gasteiger partial charge in [-0.15, -0.1) is 11.3 Å². The van der Waals surface area contributed by atoms with Crippen LogP contribution in [0.2, 0.25) is 5.02 Å². The first kappa shape index (κ1) is 24.7. The Labute approximate surface area is 211 Å². The van der Waals surface area contributed by atoms with Crippen molar-refractivity contribution >= 4 is 56.8 Å². The average Bonchev–Trinajstić information content (AvgIpc) is 3.25. The summed E-state index contributed by atoms with van der Waals surface area (Å²) in [5.74, 6) is 5.97. The van der Waals surface area contributed by atoms with Gasteiger partial charge in [-0.1, -0.05) is 30.7 Å². The molecule has 1 aliphatic rings. The Morgan fingerprint density at radius 3 is 2.60 bits per heavy atom. The molecule has 12 heteroatoms. The third kappa shape index (κ3) is 5.47. The number of amides is 5. The first-order chi connectivity index (χ1) is 16.8. The van der Waals surface area contributed by atoms with Crippen molar-refractivity contribution in [2.75, 3.05) is 18.4 Å². The lowest BCUT2D eigenvalue weighted by atomic mass is 10.2. The van der Waals surface area contributed by atoms with Gasteiger partial charge in [0.25, 0.3) is 0 Å². The molecule has 4 N–H and O–H groups in total. The van der Waals surface area contributed by atoms with Gasteiger partial charge >= 0.3 is 12.1 Å². The van der Waals surface area contributed by atoms with Crippen molar-refractivity contribution in [3.63, 3.8) is 0 Å². The molecule has 10 nitrogen and oxygen atoms in total. The molecular weight excluding hydrogens is 490 g/mol. The minimum Gasteiger partial charge on any atom is -0.355 e. The number of aromatic nitrogens is 1. The molecule has 1 aromatic heterocycles. The van der Waals surface area contributed by atoms with Gasteiger partial charge < -0.3 is 10.6 Å². The van der Waals surface area contributed by atoms with E-state index in [1.54, 1.807) is 35.6 Å².